The highest BCUT2D eigenvalue weighted by molar-refractivity contribution is 5.67. The summed E-state index contributed by atoms with van der Waals surface area (Å²) in [6.45, 7) is 6.41. The van der Waals surface area contributed by atoms with Gasteiger partial charge >= 0.3 is 6.09 Å². The summed E-state index contributed by atoms with van der Waals surface area (Å²) in [6.07, 6.45) is 7.89. The Labute approximate surface area is 128 Å². The van der Waals surface area contributed by atoms with Crippen LogP contribution in [-0.4, -0.2) is 30.3 Å². The third-order valence-electron chi connectivity index (χ3n) is 4.72. The van der Waals surface area contributed by atoms with Crippen molar-refractivity contribution in [3.05, 3.63) is 0 Å². The first-order valence-corrected chi connectivity index (χ1v) is 8.65. The van der Waals surface area contributed by atoms with Gasteiger partial charge in [-0.3, -0.25) is 0 Å². The van der Waals surface area contributed by atoms with Crippen molar-refractivity contribution < 1.29 is 9.53 Å². The zero-order valence-electron chi connectivity index (χ0n) is 13.7. The lowest BCUT2D eigenvalue weighted by Gasteiger charge is -2.27. The Balaban J connectivity index is 1.47. The first-order chi connectivity index (χ1) is 9.92. The molecule has 0 aromatic heterocycles. The van der Waals surface area contributed by atoms with Crippen molar-refractivity contribution in [2.75, 3.05) is 6.54 Å². The maximum absolute atomic E-state index is 11.8. The van der Waals surface area contributed by atoms with Crippen LogP contribution in [0.5, 0.6) is 0 Å². The number of rotatable bonds is 7. The molecule has 3 aliphatic rings. The molecular weight excluding hydrogens is 264 g/mol. The van der Waals surface area contributed by atoms with Gasteiger partial charge in [-0.25, -0.2) is 4.79 Å². The van der Waals surface area contributed by atoms with Crippen molar-refractivity contribution in [3.63, 3.8) is 0 Å². The number of hydrogen-bond donors (Lipinski definition) is 2. The van der Waals surface area contributed by atoms with Crippen molar-refractivity contribution in [1.29, 1.82) is 0 Å². The maximum atomic E-state index is 11.8. The van der Waals surface area contributed by atoms with Crippen LogP contribution in [-0.2, 0) is 4.74 Å². The summed E-state index contributed by atoms with van der Waals surface area (Å²) in [5.74, 6) is 2.56. The number of ether oxygens (including phenoxy) is 1. The first kappa shape index (κ1) is 15.1. The predicted octanol–water partition coefficient (Wildman–Crippen LogP) is 3.07. The molecule has 0 spiro atoms. The summed E-state index contributed by atoms with van der Waals surface area (Å²) in [7, 11) is 0. The van der Waals surface area contributed by atoms with E-state index < -0.39 is 5.60 Å². The quantitative estimate of drug-likeness (QED) is 0.758. The fourth-order valence-corrected chi connectivity index (χ4v) is 3.18. The van der Waals surface area contributed by atoms with Crippen LogP contribution in [0, 0.1) is 17.8 Å². The number of nitrogens with one attached hydrogen (secondary N) is 2. The Bertz CT molecular complexity index is 367. The Kier molecular flexibility index (Phi) is 4.17. The van der Waals surface area contributed by atoms with Gasteiger partial charge in [-0.05, 0) is 77.0 Å². The molecule has 3 rings (SSSR count). The number of carbonyl (C=O) groups excluding carboxylic acids is 1. The minimum atomic E-state index is -0.419. The third kappa shape index (κ3) is 4.87. The van der Waals surface area contributed by atoms with E-state index in [4.69, 9.17) is 4.74 Å². The molecule has 0 aliphatic heterocycles. The maximum Gasteiger partial charge on any atom is 0.407 e. The summed E-state index contributed by atoms with van der Waals surface area (Å²) in [5, 5.41) is 6.85. The largest absolute Gasteiger partial charge is 0.444 e. The highest BCUT2D eigenvalue weighted by Crippen LogP contribution is 2.45. The molecule has 0 bridgehead atoms. The fraction of sp³-hybridized carbons (Fsp3) is 0.941. The van der Waals surface area contributed by atoms with E-state index in [1.165, 1.54) is 38.5 Å². The number of hydrogen-bond acceptors (Lipinski definition) is 3. The van der Waals surface area contributed by atoms with Gasteiger partial charge in [-0.1, -0.05) is 0 Å². The van der Waals surface area contributed by atoms with Crippen LogP contribution in [0.2, 0.25) is 0 Å². The zero-order chi connectivity index (χ0) is 15.0. The van der Waals surface area contributed by atoms with E-state index in [0.29, 0.717) is 18.6 Å². The summed E-state index contributed by atoms with van der Waals surface area (Å²) in [5.41, 5.74) is -0.419. The van der Waals surface area contributed by atoms with E-state index in [0.717, 1.165) is 17.8 Å². The first-order valence-electron chi connectivity index (χ1n) is 8.65. The molecule has 1 unspecified atom stereocenters. The Morgan fingerprint density at radius 3 is 2.00 bits per heavy atom. The molecule has 4 heteroatoms. The van der Waals surface area contributed by atoms with Crippen LogP contribution in [0.25, 0.3) is 0 Å². The molecule has 21 heavy (non-hydrogen) atoms. The molecule has 120 valence electrons. The predicted molar refractivity (Wildman–Crippen MR) is 83.1 cm³/mol. The van der Waals surface area contributed by atoms with Crippen LogP contribution in [0.1, 0.15) is 59.3 Å². The Hall–Kier alpha value is -0.770. The molecule has 0 heterocycles. The molecule has 2 N–H and O–H groups in total. The molecule has 1 amide bonds. The molecule has 3 saturated carbocycles. The number of alkyl carbamates (subject to hydrolysis) is 1. The van der Waals surface area contributed by atoms with E-state index in [1.807, 2.05) is 20.8 Å². The minimum Gasteiger partial charge on any atom is -0.444 e. The van der Waals surface area contributed by atoms with Gasteiger partial charge in [0.15, 0.2) is 0 Å². The van der Waals surface area contributed by atoms with E-state index >= 15 is 0 Å². The van der Waals surface area contributed by atoms with E-state index in [2.05, 4.69) is 10.6 Å². The van der Waals surface area contributed by atoms with Gasteiger partial charge in [0, 0.05) is 18.6 Å². The lowest BCUT2D eigenvalue weighted by molar-refractivity contribution is 0.0519. The molecule has 0 aromatic rings. The molecule has 0 radical (unpaired) electrons. The Morgan fingerprint density at radius 2 is 1.57 bits per heavy atom. The van der Waals surface area contributed by atoms with Crippen molar-refractivity contribution >= 4 is 6.09 Å². The van der Waals surface area contributed by atoms with E-state index in [9.17, 15) is 4.79 Å². The van der Waals surface area contributed by atoms with Crippen LogP contribution in [0.4, 0.5) is 4.79 Å². The van der Waals surface area contributed by atoms with Gasteiger partial charge in [-0.15, -0.1) is 0 Å². The molecule has 3 aliphatic carbocycles. The smallest absolute Gasteiger partial charge is 0.407 e. The molecule has 0 aromatic carbocycles. The normalized spacial score (nSPS) is 24.0. The molecule has 0 saturated heterocycles. The van der Waals surface area contributed by atoms with Crippen molar-refractivity contribution in [2.24, 2.45) is 17.8 Å². The van der Waals surface area contributed by atoms with Gasteiger partial charge in [-0.2, -0.15) is 0 Å². The van der Waals surface area contributed by atoms with Gasteiger partial charge in [0.2, 0.25) is 0 Å². The molecule has 3 fully saturated rings. The zero-order valence-corrected chi connectivity index (χ0v) is 13.7. The standard InChI is InChI=1S/C17H30N2O2/c1-17(2,3)21-16(20)18-10-14(11-4-5-11)19-15(12-6-7-12)13-8-9-13/h11-15,19H,4-10H2,1-3H3,(H,18,20). The monoisotopic (exact) mass is 294 g/mol. The second-order valence-electron chi connectivity index (χ2n) is 8.19. The second-order valence-corrected chi connectivity index (χ2v) is 8.19. The SMILES string of the molecule is CC(C)(C)OC(=O)NCC(NC(C1CC1)C1CC1)C1CC1. The highest BCUT2D eigenvalue weighted by Gasteiger charge is 2.44. The average Bonchev–Trinajstić information content (AvgIpc) is 3.25. The van der Waals surface area contributed by atoms with Crippen LogP contribution in [0.15, 0.2) is 0 Å². The number of carbonyl (C=O) groups is 1. The number of amides is 1. The van der Waals surface area contributed by atoms with Gasteiger partial charge in [0.25, 0.3) is 0 Å². The van der Waals surface area contributed by atoms with Gasteiger partial charge < -0.3 is 15.4 Å². The van der Waals surface area contributed by atoms with Crippen LogP contribution < -0.4 is 10.6 Å². The fourth-order valence-electron chi connectivity index (χ4n) is 3.18. The van der Waals surface area contributed by atoms with Gasteiger partial charge in [0.05, 0.1) is 0 Å². The lowest BCUT2D eigenvalue weighted by atomic mass is 10.0. The topological polar surface area (TPSA) is 50.4 Å². The van der Waals surface area contributed by atoms with E-state index in [-0.39, 0.29) is 6.09 Å². The van der Waals surface area contributed by atoms with Crippen LogP contribution >= 0.6 is 0 Å². The minimum absolute atomic E-state index is 0.288. The molecule has 4 nitrogen and oxygen atoms in total. The highest BCUT2D eigenvalue weighted by atomic mass is 16.6. The second kappa shape index (κ2) is 5.79. The average molecular weight is 294 g/mol. The van der Waals surface area contributed by atoms with Crippen molar-refractivity contribution in [2.45, 2.75) is 77.0 Å². The lowest BCUT2D eigenvalue weighted by Crippen LogP contribution is -2.49. The summed E-state index contributed by atoms with van der Waals surface area (Å²) in [4.78, 5) is 11.8. The van der Waals surface area contributed by atoms with E-state index in [1.54, 1.807) is 0 Å². The van der Waals surface area contributed by atoms with Gasteiger partial charge in [0.1, 0.15) is 5.60 Å². The molecule has 1 atom stereocenters. The summed E-state index contributed by atoms with van der Waals surface area (Å²) >= 11 is 0. The summed E-state index contributed by atoms with van der Waals surface area (Å²) in [6, 6.07) is 1.14. The van der Waals surface area contributed by atoms with Crippen molar-refractivity contribution in [3.8, 4) is 0 Å². The molecular formula is C17H30N2O2. The Morgan fingerprint density at radius 1 is 1.05 bits per heavy atom. The van der Waals surface area contributed by atoms with Crippen molar-refractivity contribution in [1.82, 2.24) is 10.6 Å². The summed E-state index contributed by atoms with van der Waals surface area (Å²) < 4.78 is 5.34. The third-order valence-corrected chi connectivity index (χ3v) is 4.72. The van der Waals surface area contributed by atoms with Crippen LogP contribution in [0.3, 0.4) is 0 Å².